The van der Waals surface area contributed by atoms with Crippen molar-refractivity contribution in [2.24, 2.45) is 5.92 Å². The topological polar surface area (TPSA) is 54.0 Å². The summed E-state index contributed by atoms with van der Waals surface area (Å²) >= 11 is 0. The molecule has 0 spiro atoms. The van der Waals surface area contributed by atoms with E-state index < -0.39 is 16.6 Å². The lowest BCUT2D eigenvalue weighted by Gasteiger charge is -2.28. The zero-order chi connectivity index (χ0) is 25.4. The van der Waals surface area contributed by atoms with Crippen LogP contribution in [0.2, 0.25) is 39.3 Å². The van der Waals surface area contributed by atoms with Crippen molar-refractivity contribution < 1.29 is 23.1 Å². The van der Waals surface area contributed by atoms with Crippen molar-refractivity contribution in [2.45, 2.75) is 128 Å². The minimum Gasteiger partial charge on any atom is -0.469 e. The first-order valence-electron chi connectivity index (χ1n) is 13.4. The highest BCUT2D eigenvalue weighted by Gasteiger charge is 2.44. The molecule has 0 amide bonds. The van der Waals surface area contributed by atoms with E-state index in [0.29, 0.717) is 6.42 Å². The van der Waals surface area contributed by atoms with E-state index in [2.05, 4.69) is 64.4 Å². The van der Waals surface area contributed by atoms with Crippen LogP contribution in [0.15, 0.2) is 23.8 Å². The first-order valence-corrected chi connectivity index (χ1v) is 20.2. The molecule has 5 atom stereocenters. The monoisotopic (exact) mass is 510 g/mol. The summed E-state index contributed by atoms with van der Waals surface area (Å²) in [4.78, 5) is 11.4. The molecule has 7 heteroatoms. The molecule has 0 aromatic carbocycles. The molecule has 1 fully saturated rings. The third kappa shape index (κ3) is 10.5. The number of unbranched alkanes of at least 4 members (excludes halogenated alkanes) is 3. The van der Waals surface area contributed by atoms with Crippen molar-refractivity contribution in [3.63, 3.8) is 0 Å². The second kappa shape index (κ2) is 13.5. The molecule has 2 aliphatic rings. The SMILES string of the molecule is CCCCCC(/C=C/C1C2=CC(CCCCC(=O)OC)OC2CC1O[Si](C)(C)C)O[Si](C)(C)C. The van der Waals surface area contributed by atoms with Gasteiger partial charge < -0.3 is 18.3 Å². The fraction of sp³-hybridized carbons (Fsp3) is 0.815. The van der Waals surface area contributed by atoms with Crippen molar-refractivity contribution in [3.05, 3.63) is 23.8 Å². The van der Waals surface area contributed by atoms with Gasteiger partial charge in [0.05, 0.1) is 31.5 Å². The number of rotatable bonds is 15. The number of fused-ring (bicyclic) bond motifs is 1. The highest BCUT2D eigenvalue weighted by molar-refractivity contribution is 6.70. The molecular formula is C27H50O5Si2. The van der Waals surface area contributed by atoms with Crippen LogP contribution in [0.4, 0.5) is 0 Å². The van der Waals surface area contributed by atoms with Crippen molar-refractivity contribution in [1.29, 1.82) is 0 Å². The Bertz CT molecular complexity index is 692. The fourth-order valence-electron chi connectivity index (χ4n) is 4.91. The summed E-state index contributed by atoms with van der Waals surface area (Å²) in [7, 11) is -1.85. The van der Waals surface area contributed by atoms with Crippen molar-refractivity contribution >= 4 is 22.6 Å². The predicted molar refractivity (Wildman–Crippen MR) is 145 cm³/mol. The van der Waals surface area contributed by atoms with Gasteiger partial charge in [-0.15, -0.1) is 0 Å². The Morgan fingerprint density at radius 2 is 1.85 bits per heavy atom. The minimum atomic E-state index is -1.67. The van der Waals surface area contributed by atoms with E-state index >= 15 is 0 Å². The molecule has 2 rings (SSSR count). The van der Waals surface area contributed by atoms with Gasteiger partial charge in [-0.05, 0) is 70.5 Å². The van der Waals surface area contributed by atoms with Gasteiger partial charge in [0.1, 0.15) is 0 Å². The van der Waals surface area contributed by atoms with Crippen LogP contribution in [-0.2, 0) is 23.1 Å². The minimum absolute atomic E-state index is 0.131. The summed E-state index contributed by atoms with van der Waals surface area (Å²) in [5, 5.41) is 0. The molecule has 1 aliphatic heterocycles. The zero-order valence-electron chi connectivity index (χ0n) is 23.0. The van der Waals surface area contributed by atoms with E-state index in [4.69, 9.17) is 18.3 Å². The summed E-state index contributed by atoms with van der Waals surface area (Å²) < 4.78 is 24.3. The molecule has 5 nitrogen and oxygen atoms in total. The van der Waals surface area contributed by atoms with Gasteiger partial charge in [-0.2, -0.15) is 0 Å². The maximum absolute atomic E-state index is 11.4. The average Bonchev–Trinajstić information content (AvgIpc) is 3.24. The molecular weight excluding hydrogens is 460 g/mol. The smallest absolute Gasteiger partial charge is 0.305 e. The van der Waals surface area contributed by atoms with Crippen LogP contribution in [0.3, 0.4) is 0 Å². The Labute approximate surface area is 210 Å². The molecule has 196 valence electrons. The van der Waals surface area contributed by atoms with Crippen molar-refractivity contribution in [3.8, 4) is 0 Å². The van der Waals surface area contributed by atoms with Gasteiger partial charge in [0, 0.05) is 18.8 Å². The van der Waals surface area contributed by atoms with Crippen molar-refractivity contribution in [2.75, 3.05) is 7.11 Å². The standard InChI is InChI=1S/C27H50O5Si2/c1-9-10-11-14-21(31-33(3,4)5)17-18-23-24-19-22(15-12-13-16-27(28)29-2)30-25(24)20-26(23)32-34(6,7)8/h17-19,21-23,25-26H,9-16,20H2,1-8H3/b18-17+. The number of ether oxygens (including phenoxy) is 2. The third-order valence-corrected chi connectivity index (χ3v) is 8.32. The van der Waals surface area contributed by atoms with Gasteiger partial charge >= 0.3 is 5.97 Å². The van der Waals surface area contributed by atoms with Gasteiger partial charge in [0.15, 0.2) is 16.6 Å². The molecule has 1 saturated carbocycles. The number of hydrogen-bond acceptors (Lipinski definition) is 5. The molecule has 0 aromatic heterocycles. The Morgan fingerprint density at radius 3 is 2.47 bits per heavy atom. The van der Waals surface area contributed by atoms with E-state index in [1.165, 1.54) is 31.9 Å². The number of carbonyl (C=O) groups excluding carboxylic acids is 1. The summed E-state index contributed by atoms with van der Waals surface area (Å²) in [6, 6.07) is 0. The Hall–Kier alpha value is -0.736. The molecule has 0 radical (unpaired) electrons. The number of hydrogen-bond donors (Lipinski definition) is 0. The van der Waals surface area contributed by atoms with Gasteiger partial charge in [-0.3, -0.25) is 4.79 Å². The Balaban J connectivity index is 2.10. The molecule has 0 aromatic rings. The van der Waals surface area contributed by atoms with Gasteiger partial charge in [0.2, 0.25) is 0 Å². The van der Waals surface area contributed by atoms with Crippen LogP contribution in [0.25, 0.3) is 0 Å². The van der Waals surface area contributed by atoms with E-state index in [9.17, 15) is 4.79 Å². The van der Waals surface area contributed by atoms with Crippen LogP contribution >= 0.6 is 0 Å². The normalized spacial score (nSPS) is 26.1. The Kier molecular flexibility index (Phi) is 11.7. The first-order chi connectivity index (χ1) is 15.9. The highest BCUT2D eigenvalue weighted by Crippen LogP contribution is 2.43. The summed E-state index contributed by atoms with van der Waals surface area (Å²) in [5.41, 5.74) is 1.39. The maximum Gasteiger partial charge on any atom is 0.305 e. The molecule has 34 heavy (non-hydrogen) atoms. The number of methoxy groups -OCH3 is 1. The van der Waals surface area contributed by atoms with Crippen molar-refractivity contribution in [1.82, 2.24) is 0 Å². The molecule has 0 saturated heterocycles. The van der Waals surface area contributed by atoms with Crippen LogP contribution in [0.1, 0.15) is 64.7 Å². The van der Waals surface area contributed by atoms with Gasteiger partial charge in [-0.25, -0.2) is 0 Å². The number of esters is 1. The molecule has 1 aliphatic carbocycles. The first kappa shape index (κ1) is 29.5. The quantitative estimate of drug-likeness (QED) is 0.103. The van der Waals surface area contributed by atoms with Crippen LogP contribution < -0.4 is 0 Å². The summed E-state index contributed by atoms with van der Waals surface area (Å²) in [6.07, 6.45) is 16.6. The summed E-state index contributed by atoms with van der Waals surface area (Å²) in [6.45, 7) is 15.9. The predicted octanol–water partition coefficient (Wildman–Crippen LogP) is 7.01. The largest absolute Gasteiger partial charge is 0.469 e. The number of carbonyl (C=O) groups is 1. The Morgan fingerprint density at radius 1 is 1.12 bits per heavy atom. The van der Waals surface area contributed by atoms with E-state index in [1.807, 2.05) is 0 Å². The molecule has 5 unspecified atom stereocenters. The highest BCUT2D eigenvalue weighted by atomic mass is 28.4. The zero-order valence-corrected chi connectivity index (χ0v) is 25.0. The lowest BCUT2D eigenvalue weighted by molar-refractivity contribution is -0.140. The fourth-order valence-corrected chi connectivity index (χ4v) is 7.16. The average molecular weight is 511 g/mol. The second-order valence-corrected chi connectivity index (χ2v) is 20.8. The molecule has 0 N–H and O–H groups in total. The van der Waals surface area contributed by atoms with E-state index in [1.54, 1.807) is 0 Å². The summed E-state index contributed by atoms with van der Waals surface area (Å²) in [5.74, 6) is 0.129. The molecule has 1 heterocycles. The second-order valence-electron chi connectivity index (χ2n) is 11.8. The van der Waals surface area contributed by atoms with E-state index in [0.717, 1.165) is 32.1 Å². The maximum atomic E-state index is 11.4. The van der Waals surface area contributed by atoms with Crippen LogP contribution in [0, 0.1) is 5.92 Å². The van der Waals surface area contributed by atoms with Gasteiger partial charge in [-0.1, -0.05) is 44.4 Å². The van der Waals surface area contributed by atoms with Gasteiger partial charge in [0.25, 0.3) is 0 Å². The molecule has 0 bridgehead atoms. The lowest BCUT2D eigenvalue weighted by atomic mass is 9.97. The van der Waals surface area contributed by atoms with E-state index in [-0.39, 0.29) is 36.3 Å². The van der Waals surface area contributed by atoms with Crippen LogP contribution in [-0.4, -0.2) is 54.1 Å². The van der Waals surface area contributed by atoms with Crippen LogP contribution in [0.5, 0.6) is 0 Å². The third-order valence-electron chi connectivity index (χ3n) is 6.30. The lowest BCUT2D eigenvalue weighted by Crippen LogP contribution is -2.34.